The number of benzene rings is 1. The fraction of sp³-hybridized carbons (Fsp3) is 0.154. The Morgan fingerprint density at radius 3 is 2.47 bits per heavy atom. The Morgan fingerprint density at radius 2 is 1.93 bits per heavy atom. The van der Waals surface area contributed by atoms with Crippen LogP contribution in [0, 0.1) is 0 Å². The molecule has 0 radical (unpaired) electrons. The first-order chi connectivity index (χ1) is 7.26. The summed E-state index contributed by atoms with van der Waals surface area (Å²) < 4.78 is 5.56. The molecule has 0 saturated heterocycles. The maximum absolute atomic E-state index is 10.5. The molecule has 0 unspecified atom stereocenters. The van der Waals surface area contributed by atoms with Crippen LogP contribution in [0.2, 0.25) is 0 Å². The molecule has 0 amide bonds. The summed E-state index contributed by atoms with van der Waals surface area (Å²) in [6.45, 7) is 3.61. The second-order valence-corrected chi connectivity index (χ2v) is 3.11. The molecular formula is C13H14O2. The van der Waals surface area contributed by atoms with Crippen molar-refractivity contribution in [3.8, 4) is 5.75 Å². The normalized spacial score (nSPS) is 12.4. The Kier molecular flexibility index (Phi) is 4.35. The molecule has 0 aromatic heterocycles. The minimum atomic E-state index is 0.638. The molecule has 0 aliphatic heterocycles. The van der Waals surface area contributed by atoms with Crippen LogP contribution >= 0.6 is 0 Å². The van der Waals surface area contributed by atoms with Crippen LogP contribution in [-0.4, -0.2) is 6.29 Å². The van der Waals surface area contributed by atoms with Gasteiger partial charge in [-0.25, -0.2) is 0 Å². The van der Waals surface area contributed by atoms with Crippen molar-refractivity contribution in [2.75, 3.05) is 0 Å². The Hall–Kier alpha value is -1.83. The van der Waals surface area contributed by atoms with Crippen molar-refractivity contribution in [3.05, 3.63) is 53.8 Å². The zero-order chi connectivity index (χ0) is 11.1. The number of allylic oxidation sites excluding steroid dienone is 3. The first-order valence-electron chi connectivity index (χ1n) is 4.79. The third-order valence-corrected chi connectivity index (χ3v) is 1.82. The van der Waals surface area contributed by atoms with Gasteiger partial charge < -0.3 is 4.74 Å². The van der Waals surface area contributed by atoms with E-state index in [1.807, 2.05) is 43.3 Å². The number of aldehydes is 1. The largest absolute Gasteiger partial charge is 0.458 e. The Morgan fingerprint density at radius 1 is 1.27 bits per heavy atom. The highest BCUT2D eigenvalue weighted by atomic mass is 16.5. The molecule has 2 nitrogen and oxygen atoms in total. The molecule has 2 heteroatoms. The lowest BCUT2D eigenvalue weighted by Gasteiger charge is -2.05. The SMILES string of the molecule is C/C=C(\C=C(/C)C=O)Oc1ccccc1. The van der Waals surface area contributed by atoms with Crippen molar-refractivity contribution in [2.24, 2.45) is 0 Å². The average molecular weight is 202 g/mol. The number of para-hydroxylation sites is 1. The molecular weight excluding hydrogens is 188 g/mol. The summed E-state index contributed by atoms with van der Waals surface area (Å²) in [5, 5.41) is 0. The zero-order valence-electron chi connectivity index (χ0n) is 8.94. The molecule has 1 aromatic carbocycles. The quantitative estimate of drug-likeness (QED) is 0.324. The molecule has 0 N–H and O–H groups in total. The Bertz CT molecular complexity index is 375. The predicted octanol–water partition coefficient (Wildman–Crippen LogP) is 3.11. The van der Waals surface area contributed by atoms with Crippen LogP contribution in [0.3, 0.4) is 0 Å². The lowest BCUT2D eigenvalue weighted by atomic mass is 10.3. The molecule has 15 heavy (non-hydrogen) atoms. The van der Waals surface area contributed by atoms with Crippen LogP contribution in [0.5, 0.6) is 5.75 Å². The van der Waals surface area contributed by atoms with Crippen LogP contribution in [0.4, 0.5) is 0 Å². The van der Waals surface area contributed by atoms with E-state index in [4.69, 9.17) is 4.74 Å². The van der Waals surface area contributed by atoms with Gasteiger partial charge >= 0.3 is 0 Å². The van der Waals surface area contributed by atoms with Crippen LogP contribution in [0.25, 0.3) is 0 Å². The molecule has 0 atom stereocenters. The maximum Gasteiger partial charge on any atom is 0.145 e. The molecule has 78 valence electrons. The Labute approximate surface area is 89.9 Å². The second kappa shape index (κ2) is 5.81. The fourth-order valence-corrected chi connectivity index (χ4v) is 1.05. The van der Waals surface area contributed by atoms with Gasteiger partial charge in [0.25, 0.3) is 0 Å². The number of carbonyl (C=O) groups excluding carboxylic acids is 1. The number of rotatable bonds is 4. The highest BCUT2D eigenvalue weighted by Gasteiger charge is 1.96. The zero-order valence-corrected chi connectivity index (χ0v) is 8.94. The van der Waals surface area contributed by atoms with Gasteiger partial charge in [-0.1, -0.05) is 18.2 Å². The van der Waals surface area contributed by atoms with E-state index in [1.54, 1.807) is 13.0 Å². The van der Waals surface area contributed by atoms with Crippen LogP contribution in [0.15, 0.2) is 53.8 Å². The lowest BCUT2D eigenvalue weighted by Crippen LogP contribution is -1.93. The monoisotopic (exact) mass is 202 g/mol. The summed E-state index contributed by atoms with van der Waals surface area (Å²) in [6, 6.07) is 9.47. The first-order valence-corrected chi connectivity index (χ1v) is 4.79. The van der Waals surface area contributed by atoms with Gasteiger partial charge in [0, 0.05) is 0 Å². The van der Waals surface area contributed by atoms with E-state index in [0.29, 0.717) is 11.3 Å². The van der Waals surface area contributed by atoms with E-state index in [1.165, 1.54) is 0 Å². The lowest BCUT2D eigenvalue weighted by molar-refractivity contribution is -0.104. The van der Waals surface area contributed by atoms with Gasteiger partial charge in [0.2, 0.25) is 0 Å². The molecule has 1 rings (SSSR count). The van der Waals surface area contributed by atoms with E-state index >= 15 is 0 Å². The fourth-order valence-electron chi connectivity index (χ4n) is 1.05. The number of hydrogen-bond acceptors (Lipinski definition) is 2. The van der Waals surface area contributed by atoms with Crippen LogP contribution in [0.1, 0.15) is 13.8 Å². The predicted molar refractivity (Wildman–Crippen MR) is 60.6 cm³/mol. The van der Waals surface area contributed by atoms with Gasteiger partial charge in [-0.05, 0) is 43.7 Å². The molecule has 0 saturated carbocycles. The van der Waals surface area contributed by atoms with Crippen molar-refractivity contribution < 1.29 is 9.53 Å². The molecule has 0 spiro atoms. The topological polar surface area (TPSA) is 26.3 Å². The second-order valence-electron chi connectivity index (χ2n) is 3.11. The molecule has 0 fully saturated rings. The molecule has 0 aliphatic carbocycles. The number of ether oxygens (including phenoxy) is 1. The third-order valence-electron chi connectivity index (χ3n) is 1.82. The highest BCUT2D eigenvalue weighted by Crippen LogP contribution is 2.14. The van der Waals surface area contributed by atoms with Gasteiger partial charge in [0.1, 0.15) is 17.8 Å². The summed E-state index contributed by atoms with van der Waals surface area (Å²) >= 11 is 0. The standard InChI is InChI=1S/C13H14O2/c1-3-12(9-11(2)10-14)15-13-7-5-4-6-8-13/h3-10H,1-2H3/b11-9+,12-3+. The van der Waals surface area contributed by atoms with E-state index < -0.39 is 0 Å². The van der Waals surface area contributed by atoms with Crippen molar-refractivity contribution in [3.63, 3.8) is 0 Å². The molecule has 0 aliphatic rings. The van der Waals surface area contributed by atoms with Gasteiger partial charge in [-0.2, -0.15) is 0 Å². The van der Waals surface area contributed by atoms with Crippen molar-refractivity contribution in [1.29, 1.82) is 0 Å². The van der Waals surface area contributed by atoms with E-state index in [0.717, 1.165) is 12.0 Å². The van der Waals surface area contributed by atoms with Crippen LogP contribution in [-0.2, 0) is 4.79 Å². The summed E-state index contributed by atoms with van der Waals surface area (Å²) in [7, 11) is 0. The van der Waals surface area contributed by atoms with E-state index in [2.05, 4.69) is 0 Å². The molecule has 0 bridgehead atoms. The minimum absolute atomic E-state index is 0.638. The van der Waals surface area contributed by atoms with Crippen LogP contribution < -0.4 is 4.74 Å². The number of hydrogen-bond donors (Lipinski definition) is 0. The van der Waals surface area contributed by atoms with Crippen molar-refractivity contribution in [2.45, 2.75) is 13.8 Å². The minimum Gasteiger partial charge on any atom is -0.458 e. The smallest absolute Gasteiger partial charge is 0.145 e. The maximum atomic E-state index is 10.5. The third kappa shape index (κ3) is 3.81. The Balaban J connectivity index is 2.76. The highest BCUT2D eigenvalue weighted by molar-refractivity contribution is 5.73. The summed E-state index contributed by atoms with van der Waals surface area (Å²) in [5.74, 6) is 1.44. The first kappa shape index (κ1) is 11.2. The van der Waals surface area contributed by atoms with Gasteiger partial charge in [-0.15, -0.1) is 0 Å². The van der Waals surface area contributed by atoms with Gasteiger partial charge in [0.05, 0.1) is 0 Å². The summed E-state index contributed by atoms with van der Waals surface area (Å²) in [5.41, 5.74) is 0.638. The van der Waals surface area contributed by atoms with E-state index in [-0.39, 0.29) is 0 Å². The number of carbonyl (C=O) groups is 1. The van der Waals surface area contributed by atoms with E-state index in [9.17, 15) is 4.79 Å². The molecule has 0 heterocycles. The average Bonchev–Trinajstić information content (AvgIpc) is 2.29. The van der Waals surface area contributed by atoms with Gasteiger partial charge in [0.15, 0.2) is 0 Å². The van der Waals surface area contributed by atoms with Crippen molar-refractivity contribution in [1.82, 2.24) is 0 Å². The summed E-state index contributed by atoms with van der Waals surface area (Å²) in [6.07, 6.45) is 4.33. The van der Waals surface area contributed by atoms with Crippen molar-refractivity contribution >= 4 is 6.29 Å². The molecule has 1 aromatic rings. The summed E-state index contributed by atoms with van der Waals surface area (Å²) in [4.78, 5) is 10.5. The van der Waals surface area contributed by atoms with Gasteiger partial charge in [-0.3, -0.25) is 4.79 Å².